The monoisotopic (exact) mass is 484 g/mol. The number of benzene rings is 2. The molecular formula is C25H29ClN4O4. The van der Waals surface area contributed by atoms with E-state index >= 15 is 0 Å². The second-order valence-electron chi connectivity index (χ2n) is 8.45. The molecule has 3 aromatic rings. The van der Waals surface area contributed by atoms with Crippen molar-refractivity contribution >= 4 is 40.1 Å². The molecule has 8 nitrogen and oxygen atoms in total. The van der Waals surface area contributed by atoms with E-state index in [-0.39, 0.29) is 5.91 Å². The number of aromatic amines is 1. The normalized spacial score (nSPS) is 15.0. The lowest BCUT2D eigenvalue weighted by molar-refractivity contribution is -0.155. The number of methoxy groups -OCH3 is 1. The summed E-state index contributed by atoms with van der Waals surface area (Å²) in [6, 6.07) is 12.2. The van der Waals surface area contributed by atoms with Crippen LogP contribution >= 0.6 is 11.6 Å². The minimum atomic E-state index is -1.11. The number of carbonyl (C=O) groups is 2. The number of carbonyl (C=O) groups excluding carboxylic acids is 2. The quantitative estimate of drug-likeness (QED) is 0.340. The molecule has 4 rings (SSSR count). The predicted molar refractivity (Wildman–Crippen MR) is 132 cm³/mol. The van der Waals surface area contributed by atoms with Crippen molar-refractivity contribution in [2.45, 2.75) is 44.1 Å². The van der Waals surface area contributed by atoms with Gasteiger partial charge in [0.25, 0.3) is 5.91 Å². The van der Waals surface area contributed by atoms with Gasteiger partial charge >= 0.3 is 6.03 Å². The van der Waals surface area contributed by atoms with Gasteiger partial charge in [0.15, 0.2) is 5.60 Å². The summed E-state index contributed by atoms with van der Waals surface area (Å²) in [5.41, 5.74) is 4.04. The fraction of sp³-hybridized carbons (Fsp3) is 0.360. The Balaban J connectivity index is 1.31. The van der Waals surface area contributed by atoms with Gasteiger partial charge in [0, 0.05) is 34.4 Å². The van der Waals surface area contributed by atoms with Crippen LogP contribution in [0.4, 0.5) is 10.5 Å². The van der Waals surface area contributed by atoms with E-state index in [1.165, 1.54) is 0 Å². The highest BCUT2D eigenvalue weighted by molar-refractivity contribution is 6.30. The first-order valence-electron chi connectivity index (χ1n) is 11.4. The molecule has 1 aliphatic carbocycles. The number of urea groups is 1. The van der Waals surface area contributed by atoms with Crippen LogP contribution in [0.15, 0.2) is 48.7 Å². The van der Waals surface area contributed by atoms with Gasteiger partial charge in [0.2, 0.25) is 0 Å². The molecule has 2 aromatic carbocycles. The van der Waals surface area contributed by atoms with E-state index in [2.05, 4.69) is 21.1 Å². The van der Waals surface area contributed by atoms with Gasteiger partial charge in [-0.25, -0.2) is 10.3 Å². The maximum atomic E-state index is 13.1. The first-order valence-corrected chi connectivity index (χ1v) is 11.8. The molecule has 0 bridgehead atoms. The van der Waals surface area contributed by atoms with Crippen LogP contribution in [0.1, 0.15) is 37.7 Å². The van der Waals surface area contributed by atoms with Gasteiger partial charge in [0.1, 0.15) is 5.75 Å². The molecular weight excluding hydrogens is 456 g/mol. The Morgan fingerprint density at radius 2 is 1.85 bits per heavy atom. The smallest absolute Gasteiger partial charge is 0.338 e. The number of rotatable bonds is 8. The second-order valence-corrected chi connectivity index (χ2v) is 8.89. The maximum Gasteiger partial charge on any atom is 0.338 e. The van der Waals surface area contributed by atoms with E-state index < -0.39 is 11.6 Å². The third kappa shape index (κ3) is 5.63. The van der Waals surface area contributed by atoms with Crippen LogP contribution in [0.5, 0.6) is 5.75 Å². The van der Waals surface area contributed by atoms with Crippen LogP contribution in [-0.4, -0.2) is 36.2 Å². The van der Waals surface area contributed by atoms with Gasteiger partial charge in [-0.05, 0) is 80.1 Å². The van der Waals surface area contributed by atoms with Crippen molar-refractivity contribution in [2.24, 2.45) is 0 Å². The number of H-pyrrole nitrogens is 1. The van der Waals surface area contributed by atoms with Crippen molar-refractivity contribution in [2.75, 3.05) is 19.0 Å². The van der Waals surface area contributed by atoms with Gasteiger partial charge < -0.3 is 20.4 Å². The Morgan fingerprint density at radius 1 is 1.09 bits per heavy atom. The third-order valence-corrected chi connectivity index (χ3v) is 6.42. The number of aromatic nitrogens is 1. The Morgan fingerprint density at radius 3 is 2.59 bits per heavy atom. The Hall–Kier alpha value is -3.23. The topological polar surface area (TPSA) is 104 Å². The lowest BCUT2D eigenvalue weighted by atomic mass is 9.84. The standard InChI is InChI=1S/C25H29ClN4O4/c1-33-20-9-10-22-21(15-20)17(16-28-22)11-14-27-24(32)30-34-25(12-3-2-4-13-25)23(31)29-19-7-5-18(26)6-8-19/h5-10,15-16,28H,2-4,11-14H2,1H3,(H,29,31)(H2,27,30,32). The van der Waals surface area contributed by atoms with Gasteiger partial charge in [-0.3, -0.25) is 9.63 Å². The second kappa shape index (κ2) is 10.8. The van der Waals surface area contributed by atoms with E-state index in [0.717, 1.165) is 41.5 Å². The minimum absolute atomic E-state index is 0.275. The van der Waals surface area contributed by atoms with Crippen LogP contribution in [0, 0.1) is 0 Å². The predicted octanol–water partition coefficient (Wildman–Crippen LogP) is 4.94. The average molecular weight is 485 g/mol. The largest absolute Gasteiger partial charge is 0.497 e. The molecule has 0 atom stereocenters. The van der Waals surface area contributed by atoms with Crippen molar-refractivity contribution in [3.63, 3.8) is 0 Å². The molecule has 3 amide bonds. The SMILES string of the molecule is COc1ccc2[nH]cc(CCNC(=O)NOC3(C(=O)Nc4ccc(Cl)cc4)CCCCC3)c2c1. The van der Waals surface area contributed by atoms with Crippen molar-refractivity contribution in [3.05, 3.63) is 59.2 Å². The molecule has 1 heterocycles. The maximum absolute atomic E-state index is 13.1. The van der Waals surface area contributed by atoms with Crippen LogP contribution in [0.25, 0.3) is 10.9 Å². The van der Waals surface area contributed by atoms with Crippen molar-refractivity contribution in [1.82, 2.24) is 15.8 Å². The number of halogens is 1. The summed E-state index contributed by atoms with van der Waals surface area (Å²) in [5, 5.41) is 7.33. The zero-order valence-electron chi connectivity index (χ0n) is 19.1. The average Bonchev–Trinajstić information content (AvgIpc) is 3.26. The number of ether oxygens (including phenoxy) is 1. The zero-order chi connectivity index (χ0) is 24.0. The zero-order valence-corrected chi connectivity index (χ0v) is 19.8. The van der Waals surface area contributed by atoms with E-state index in [1.807, 2.05) is 24.4 Å². The molecule has 34 heavy (non-hydrogen) atoms. The van der Waals surface area contributed by atoms with Crippen LogP contribution in [0.3, 0.4) is 0 Å². The van der Waals surface area contributed by atoms with Gasteiger partial charge in [-0.1, -0.05) is 18.0 Å². The highest BCUT2D eigenvalue weighted by Crippen LogP contribution is 2.32. The lowest BCUT2D eigenvalue weighted by Gasteiger charge is -2.34. The highest BCUT2D eigenvalue weighted by atomic mass is 35.5. The highest BCUT2D eigenvalue weighted by Gasteiger charge is 2.42. The summed E-state index contributed by atoms with van der Waals surface area (Å²) in [6.45, 7) is 0.406. The van der Waals surface area contributed by atoms with Crippen molar-refractivity contribution < 1.29 is 19.2 Å². The first-order chi connectivity index (χ1) is 16.5. The van der Waals surface area contributed by atoms with Gasteiger partial charge in [0.05, 0.1) is 7.11 Å². The molecule has 0 spiro atoms. The fourth-order valence-corrected chi connectivity index (χ4v) is 4.38. The van der Waals surface area contributed by atoms with Crippen LogP contribution in [0.2, 0.25) is 5.02 Å². The molecule has 9 heteroatoms. The number of hydrogen-bond donors (Lipinski definition) is 4. The molecule has 1 fully saturated rings. The summed E-state index contributed by atoms with van der Waals surface area (Å²) in [5.74, 6) is 0.504. The minimum Gasteiger partial charge on any atom is -0.497 e. The van der Waals surface area contributed by atoms with Gasteiger partial charge in [-0.15, -0.1) is 0 Å². The molecule has 0 radical (unpaired) electrons. The third-order valence-electron chi connectivity index (χ3n) is 6.17. The molecule has 1 aromatic heterocycles. The van der Waals surface area contributed by atoms with Gasteiger partial charge in [-0.2, -0.15) is 0 Å². The number of hydroxylamine groups is 1. The van der Waals surface area contributed by atoms with Crippen molar-refractivity contribution in [1.29, 1.82) is 0 Å². The molecule has 0 saturated heterocycles. The number of amides is 3. The summed E-state index contributed by atoms with van der Waals surface area (Å²) in [7, 11) is 1.63. The number of nitrogens with one attached hydrogen (secondary N) is 4. The molecule has 0 aliphatic heterocycles. The van der Waals surface area contributed by atoms with Crippen LogP contribution in [-0.2, 0) is 16.1 Å². The summed E-state index contributed by atoms with van der Waals surface area (Å²) in [4.78, 5) is 34.5. The molecule has 0 unspecified atom stereocenters. The Labute approximate surface area is 203 Å². The van der Waals surface area contributed by atoms with Crippen LogP contribution < -0.4 is 20.9 Å². The van der Waals surface area contributed by atoms with E-state index in [9.17, 15) is 9.59 Å². The number of fused-ring (bicyclic) bond motifs is 1. The number of hydrogen-bond acceptors (Lipinski definition) is 4. The fourth-order valence-electron chi connectivity index (χ4n) is 4.26. The first kappa shape index (κ1) is 23.9. The number of anilines is 1. The molecule has 1 saturated carbocycles. The Kier molecular flexibility index (Phi) is 7.59. The lowest BCUT2D eigenvalue weighted by Crippen LogP contribution is -2.52. The summed E-state index contributed by atoms with van der Waals surface area (Å²) < 4.78 is 5.30. The van der Waals surface area contributed by atoms with E-state index in [1.54, 1.807) is 31.4 Å². The Bertz CT molecular complexity index is 1140. The molecule has 4 N–H and O–H groups in total. The van der Waals surface area contributed by atoms with E-state index in [4.69, 9.17) is 21.2 Å². The summed E-state index contributed by atoms with van der Waals surface area (Å²) in [6.07, 6.45) is 6.35. The summed E-state index contributed by atoms with van der Waals surface area (Å²) >= 11 is 5.93. The van der Waals surface area contributed by atoms with E-state index in [0.29, 0.717) is 36.5 Å². The molecule has 180 valence electrons. The van der Waals surface area contributed by atoms with Crippen molar-refractivity contribution in [3.8, 4) is 5.75 Å². The molecule has 1 aliphatic rings.